The first kappa shape index (κ1) is 13.4. The van der Waals surface area contributed by atoms with Crippen LogP contribution in [0.4, 0.5) is 0 Å². The molecular weight excluding hydrogens is 254 g/mol. The van der Waals surface area contributed by atoms with Gasteiger partial charge in [-0.1, -0.05) is 18.2 Å². The molecule has 0 amide bonds. The molecule has 4 nitrogen and oxygen atoms in total. The Labute approximate surface area is 114 Å². The maximum Gasteiger partial charge on any atom is 0.229 e. The Bertz CT molecular complexity index is 543. The average Bonchev–Trinajstić information content (AvgIpc) is 2.41. The van der Waals surface area contributed by atoms with Gasteiger partial charge in [-0.25, -0.2) is 9.97 Å². The van der Waals surface area contributed by atoms with Crippen molar-refractivity contribution in [2.24, 2.45) is 4.99 Å². The van der Waals surface area contributed by atoms with E-state index in [2.05, 4.69) is 28.1 Å². The maximum absolute atomic E-state index is 5.89. The molecule has 0 bridgehead atoms. The number of rotatable bonds is 5. The number of hydrogen-bond acceptors (Lipinski definition) is 4. The van der Waals surface area contributed by atoms with Crippen molar-refractivity contribution in [2.75, 3.05) is 0 Å². The van der Waals surface area contributed by atoms with Crippen molar-refractivity contribution in [3.63, 3.8) is 0 Å². The van der Waals surface area contributed by atoms with E-state index >= 15 is 0 Å². The molecule has 0 fully saturated rings. The standard InChI is InChI=1S/C14H17N3OSi/c1-19(2)18-14-6-4-3-5-13(14)10-15-7-12-8-16-11-17-9-12/h3-9,11,19H,10H2,1-2H3. The highest BCUT2D eigenvalue weighted by molar-refractivity contribution is 6.49. The zero-order valence-electron chi connectivity index (χ0n) is 11.2. The van der Waals surface area contributed by atoms with Gasteiger partial charge >= 0.3 is 0 Å². The van der Waals surface area contributed by atoms with Crippen molar-refractivity contribution in [1.29, 1.82) is 0 Å². The molecule has 1 aromatic heterocycles. The molecule has 98 valence electrons. The molecule has 0 saturated heterocycles. The van der Waals surface area contributed by atoms with Gasteiger partial charge in [-0.3, -0.25) is 4.99 Å². The lowest BCUT2D eigenvalue weighted by molar-refractivity contribution is 0.572. The molecule has 1 heterocycles. The molecule has 2 aromatic rings. The van der Waals surface area contributed by atoms with E-state index in [1.165, 1.54) is 6.33 Å². The van der Waals surface area contributed by atoms with E-state index < -0.39 is 9.04 Å². The van der Waals surface area contributed by atoms with Gasteiger partial charge in [-0.05, 0) is 19.2 Å². The third-order valence-electron chi connectivity index (χ3n) is 2.42. The van der Waals surface area contributed by atoms with Gasteiger partial charge in [0, 0.05) is 29.7 Å². The second-order valence-electron chi connectivity index (χ2n) is 4.42. The fourth-order valence-corrected chi connectivity index (χ4v) is 2.37. The van der Waals surface area contributed by atoms with E-state index in [1.807, 2.05) is 24.3 Å². The Morgan fingerprint density at radius 3 is 2.68 bits per heavy atom. The van der Waals surface area contributed by atoms with E-state index in [0.717, 1.165) is 16.9 Å². The number of para-hydroxylation sites is 1. The molecule has 1 aromatic carbocycles. The summed E-state index contributed by atoms with van der Waals surface area (Å²) in [6.45, 7) is 4.91. The summed E-state index contributed by atoms with van der Waals surface area (Å²) in [7, 11) is -1.09. The molecule has 19 heavy (non-hydrogen) atoms. The number of aliphatic imine (C=N–C) groups is 1. The smallest absolute Gasteiger partial charge is 0.229 e. The zero-order chi connectivity index (χ0) is 13.5. The summed E-state index contributed by atoms with van der Waals surface area (Å²) in [6, 6.07) is 8.05. The van der Waals surface area contributed by atoms with Crippen LogP contribution in [0, 0.1) is 0 Å². The van der Waals surface area contributed by atoms with Crippen LogP contribution in [0.5, 0.6) is 5.75 Å². The predicted molar refractivity (Wildman–Crippen MR) is 79.3 cm³/mol. The number of aromatic nitrogens is 2. The van der Waals surface area contributed by atoms with Crippen molar-refractivity contribution >= 4 is 15.3 Å². The quantitative estimate of drug-likeness (QED) is 0.620. The van der Waals surface area contributed by atoms with Crippen molar-refractivity contribution < 1.29 is 4.43 Å². The van der Waals surface area contributed by atoms with Crippen LogP contribution in [-0.4, -0.2) is 25.2 Å². The zero-order valence-corrected chi connectivity index (χ0v) is 12.3. The average molecular weight is 271 g/mol. The van der Waals surface area contributed by atoms with E-state index in [1.54, 1.807) is 18.6 Å². The molecule has 0 radical (unpaired) electrons. The molecule has 0 atom stereocenters. The SMILES string of the molecule is C[SiH](C)Oc1ccccc1CN=Cc1cncnc1. The fraction of sp³-hybridized carbons (Fsp3) is 0.214. The van der Waals surface area contributed by atoms with E-state index in [-0.39, 0.29) is 0 Å². The van der Waals surface area contributed by atoms with Crippen LogP contribution in [-0.2, 0) is 6.54 Å². The summed E-state index contributed by atoms with van der Waals surface area (Å²) in [5.41, 5.74) is 2.01. The first-order chi connectivity index (χ1) is 9.25. The number of benzene rings is 1. The van der Waals surface area contributed by atoms with E-state index in [0.29, 0.717) is 6.54 Å². The Morgan fingerprint density at radius 2 is 1.95 bits per heavy atom. The largest absolute Gasteiger partial charge is 0.547 e. The second-order valence-corrected chi connectivity index (χ2v) is 6.75. The van der Waals surface area contributed by atoms with Gasteiger partial charge in [-0.2, -0.15) is 0 Å². The Balaban J connectivity index is 2.05. The van der Waals surface area contributed by atoms with Gasteiger partial charge in [0.2, 0.25) is 9.04 Å². The van der Waals surface area contributed by atoms with Crippen molar-refractivity contribution in [3.8, 4) is 5.75 Å². The minimum absolute atomic E-state index is 0.603. The summed E-state index contributed by atoms with van der Waals surface area (Å²) in [6.07, 6.45) is 6.76. The normalized spacial score (nSPS) is 11.1. The fourth-order valence-electron chi connectivity index (χ4n) is 1.63. The monoisotopic (exact) mass is 271 g/mol. The second kappa shape index (κ2) is 6.80. The van der Waals surface area contributed by atoms with Gasteiger partial charge in [0.1, 0.15) is 12.1 Å². The van der Waals surface area contributed by atoms with Crippen LogP contribution >= 0.6 is 0 Å². The lowest BCUT2D eigenvalue weighted by Gasteiger charge is -2.12. The summed E-state index contributed by atoms with van der Waals surface area (Å²) < 4.78 is 5.89. The topological polar surface area (TPSA) is 47.4 Å². The molecule has 0 aliphatic carbocycles. The summed E-state index contributed by atoms with van der Waals surface area (Å²) >= 11 is 0. The van der Waals surface area contributed by atoms with Gasteiger partial charge in [0.15, 0.2) is 0 Å². The highest BCUT2D eigenvalue weighted by Crippen LogP contribution is 2.19. The minimum atomic E-state index is -1.09. The Kier molecular flexibility index (Phi) is 4.80. The van der Waals surface area contributed by atoms with Crippen LogP contribution in [0.1, 0.15) is 11.1 Å². The van der Waals surface area contributed by atoms with Gasteiger partial charge in [0.25, 0.3) is 0 Å². The molecule has 0 saturated carbocycles. The maximum atomic E-state index is 5.89. The molecule has 0 spiro atoms. The van der Waals surface area contributed by atoms with Crippen LogP contribution in [0.15, 0.2) is 48.0 Å². The Morgan fingerprint density at radius 1 is 1.21 bits per heavy atom. The van der Waals surface area contributed by atoms with Crippen LogP contribution < -0.4 is 4.43 Å². The lowest BCUT2D eigenvalue weighted by atomic mass is 10.2. The van der Waals surface area contributed by atoms with E-state index in [4.69, 9.17) is 4.43 Å². The molecule has 0 aliphatic heterocycles. The van der Waals surface area contributed by atoms with Crippen LogP contribution in [0.3, 0.4) is 0 Å². The van der Waals surface area contributed by atoms with E-state index in [9.17, 15) is 0 Å². The lowest BCUT2D eigenvalue weighted by Crippen LogP contribution is -2.12. The Hall–Kier alpha value is -2.01. The summed E-state index contributed by atoms with van der Waals surface area (Å²) in [5, 5.41) is 0. The molecule has 0 aliphatic rings. The molecule has 5 heteroatoms. The first-order valence-corrected chi connectivity index (χ1v) is 9.03. The van der Waals surface area contributed by atoms with Crippen LogP contribution in [0.2, 0.25) is 13.1 Å². The third kappa shape index (κ3) is 4.29. The third-order valence-corrected chi connectivity index (χ3v) is 3.14. The summed E-state index contributed by atoms with van der Waals surface area (Å²) in [5.74, 6) is 0.950. The van der Waals surface area contributed by atoms with Crippen molar-refractivity contribution in [1.82, 2.24) is 9.97 Å². The van der Waals surface area contributed by atoms with Gasteiger partial charge in [0.05, 0.1) is 6.54 Å². The highest BCUT2D eigenvalue weighted by Gasteiger charge is 2.04. The molecule has 2 rings (SSSR count). The van der Waals surface area contributed by atoms with Crippen molar-refractivity contribution in [3.05, 3.63) is 54.1 Å². The van der Waals surface area contributed by atoms with Gasteiger partial charge in [-0.15, -0.1) is 0 Å². The van der Waals surface area contributed by atoms with Gasteiger partial charge < -0.3 is 4.43 Å². The molecule has 0 unspecified atom stereocenters. The predicted octanol–water partition coefficient (Wildman–Crippen LogP) is 2.46. The first-order valence-electron chi connectivity index (χ1n) is 6.25. The highest BCUT2D eigenvalue weighted by atomic mass is 28.3. The molecule has 0 N–H and O–H groups in total. The molecular formula is C14H17N3OSi. The number of hydrogen-bond donors (Lipinski definition) is 0. The number of nitrogens with zero attached hydrogens (tertiary/aromatic N) is 3. The minimum Gasteiger partial charge on any atom is -0.547 e. The van der Waals surface area contributed by atoms with Crippen molar-refractivity contribution in [2.45, 2.75) is 19.6 Å². The summed E-state index contributed by atoms with van der Waals surface area (Å²) in [4.78, 5) is 12.3. The van der Waals surface area contributed by atoms with Crippen LogP contribution in [0.25, 0.3) is 0 Å².